The first-order chi connectivity index (χ1) is 7.71. The average molecular weight is 222 g/mol. The number of nitrogens with zero attached hydrogens (tertiary/aromatic N) is 2. The lowest BCUT2D eigenvalue weighted by molar-refractivity contribution is 0.281. The molecule has 0 unspecified atom stereocenters. The highest BCUT2D eigenvalue weighted by atomic mass is 16.3. The zero-order chi connectivity index (χ0) is 12.0. The van der Waals surface area contributed by atoms with Crippen LogP contribution in [0.15, 0.2) is 12.1 Å². The number of rotatable bonds is 6. The summed E-state index contributed by atoms with van der Waals surface area (Å²) in [5, 5.41) is 9.22. The van der Waals surface area contributed by atoms with Gasteiger partial charge in [0, 0.05) is 19.3 Å². The van der Waals surface area contributed by atoms with Gasteiger partial charge in [0.25, 0.3) is 0 Å². The summed E-state index contributed by atoms with van der Waals surface area (Å²) in [6, 6.07) is 3.96. The Balaban J connectivity index is 2.93. The van der Waals surface area contributed by atoms with Crippen LogP contribution in [0, 0.1) is 0 Å². The molecular weight excluding hydrogens is 200 g/mol. The molecule has 0 fully saturated rings. The summed E-state index contributed by atoms with van der Waals surface area (Å²) in [7, 11) is 2.04. The van der Waals surface area contributed by atoms with Gasteiger partial charge in [0.15, 0.2) is 0 Å². The van der Waals surface area contributed by atoms with E-state index in [2.05, 4.69) is 23.7 Å². The van der Waals surface area contributed by atoms with Crippen LogP contribution in [0.4, 0.5) is 5.82 Å². The highest BCUT2D eigenvalue weighted by Gasteiger charge is 2.05. The standard InChI is InChI=1S/C13H22N2O/c1-4-6-12-8-11(10-16)9-13(14-12)15(3)7-5-2/h8-9,16H,4-7,10H2,1-3H3. The van der Waals surface area contributed by atoms with Gasteiger partial charge in [0.05, 0.1) is 6.61 Å². The highest BCUT2D eigenvalue weighted by Crippen LogP contribution is 2.15. The predicted molar refractivity (Wildman–Crippen MR) is 67.7 cm³/mol. The van der Waals surface area contributed by atoms with Crippen molar-refractivity contribution in [3.8, 4) is 0 Å². The molecule has 0 spiro atoms. The molecule has 1 heterocycles. The van der Waals surface area contributed by atoms with Crippen LogP contribution < -0.4 is 4.90 Å². The van der Waals surface area contributed by atoms with Gasteiger partial charge < -0.3 is 10.0 Å². The monoisotopic (exact) mass is 222 g/mol. The summed E-state index contributed by atoms with van der Waals surface area (Å²) in [5.41, 5.74) is 2.03. The van der Waals surface area contributed by atoms with Crippen molar-refractivity contribution in [2.24, 2.45) is 0 Å². The van der Waals surface area contributed by atoms with Crippen molar-refractivity contribution in [1.29, 1.82) is 0 Å². The Labute approximate surface area is 98.1 Å². The van der Waals surface area contributed by atoms with Gasteiger partial charge in [-0.3, -0.25) is 0 Å². The number of aromatic nitrogens is 1. The third-order valence-electron chi connectivity index (χ3n) is 2.56. The summed E-state index contributed by atoms with van der Waals surface area (Å²) in [5.74, 6) is 0.969. The van der Waals surface area contributed by atoms with E-state index in [1.54, 1.807) is 0 Å². The Bertz CT molecular complexity index is 326. The molecule has 16 heavy (non-hydrogen) atoms. The molecule has 0 bridgehead atoms. The van der Waals surface area contributed by atoms with Crippen molar-refractivity contribution in [3.63, 3.8) is 0 Å². The van der Waals surface area contributed by atoms with E-state index in [4.69, 9.17) is 0 Å². The molecule has 1 aromatic heterocycles. The molecule has 1 N–H and O–H groups in total. The molecule has 0 saturated carbocycles. The number of hydrogen-bond donors (Lipinski definition) is 1. The van der Waals surface area contributed by atoms with Crippen molar-refractivity contribution < 1.29 is 5.11 Å². The number of hydrogen-bond acceptors (Lipinski definition) is 3. The predicted octanol–water partition coefficient (Wildman–Crippen LogP) is 2.37. The second-order valence-corrected chi connectivity index (χ2v) is 4.15. The fourth-order valence-corrected chi connectivity index (χ4v) is 1.75. The van der Waals surface area contributed by atoms with Crippen molar-refractivity contribution in [2.45, 2.75) is 39.7 Å². The Morgan fingerprint density at radius 2 is 2.00 bits per heavy atom. The van der Waals surface area contributed by atoms with Crippen LogP contribution >= 0.6 is 0 Å². The van der Waals surface area contributed by atoms with Crippen molar-refractivity contribution >= 4 is 5.82 Å². The second-order valence-electron chi connectivity index (χ2n) is 4.15. The van der Waals surface area contributed by atoms with Crippen LogP contribution in [0.25, 0.3) is 0 Å². The molecular formula is C13H22N2O. The summed E-state index contributed by atoms with van der Waals surface area (Å²) in [4.78, 5) is 6.74. The first kappa shape index (κ1) is 13.0. The van der Waals surface area contributed by atoms with Crippen molar-refractivity contribution in [1.82, 2.24) is 4.98 Å². The minimum atomic E-state index is 0.0895. The number of anilines is 1. The minimum absolute atomic E-state index is 0.0895. The maximum Gasteiger partial charge on any atom is 0.128 e. The van der Waals surface area contributed by atoms with E-state index in [0.717, 1.165) is 42.9 Å². The number of aryl methyl sites for hydroxylation is 1. The Morgan fingerprint density at radius 3 is 2.56 bits per heavy atom. The maximum atomic E-state index is 9.22. The summed E-state index contributed by atoms with van der Waals surface area (Å²) < 4.78 is 0. The highest BCUT2D eigenvalue weighted by molar-refractivity contribution is 5.41. The van der Waals surface area contributed by atoms with Crippen molar-refractivity contribution in [2.75, 3.05) is 18.5 Å². The first-order valence-electron chi connectivity index (χ1n) is 6.03. The molecule has 3 nitrogen and oxygen atoms in total. The van der Waals surface area contributed by atoms with Gasteiger partial charge in [-0.25, -0.2) is 4.98 Å². The van der Waals surface area contributed by atoms with Gasteiger partial charge in [-0.1, -0.05) is 20.3 Å². The molecule has 0 aliphatic rings. The van der Waals surface area contributed by atoms with E-state index < -0.39 is 0 Å². The molecule has 0 saturated heterocycles. The molecule has 0 amide bonds. The molecule has 3 heteroatoms. The van der Waals surface area contributed by atoms with Crippen LogP contribution in [-0.4, -0.2) is 23.7 Å². The molecule has 0 atom stereocenters. The van der Waals surface area contributed by atoms with E-state index in [1.165, 1.54) is 0 Å². The number of aliphatic hydroxyl groups is 1. The van der Waals surface area contributed by atoms with E-state index in [1.807, 2.05) is 19.2 Å². The van der Waals surface area contributed by atoms with Crippen LogP contribution in [0.5, 0.6) is 0 Å². The van der Waals surface area contributed by atoms with E-state index >= 15 is 0 Å². The van der Waals surface area contributed by atoms with Gasteiger partial charge in [0.1, 0.15) is 5.82 Å². The van der Waals surface area contributed by atoms with E-state index in [0.29, 0.717) is 0 Å². The lowest BCUT2D eigenvalue weighted by Crippen LogP contribution is -2.19. The van der Waals surface area contributed by atoms with Crippen molar-refractivity contribution in [3.05, 3.63) is 23.4 Å². The van der Waals surface area contributed by atoms with Gasteiger partial charge in [-0.2, -0.15) is 0 Å². The number of pyridine rings is 1. The molecule has 0 aromatic carbocycles. The molecule has 0 aliphatic heterocycles. The normalized spacial score (nSPS) is 10.5. The van der Waals surface area contributed by atoms with E-state index in [-0.39, 0.29) is 6.61 Å². The summed E-state index contributed by atoms with van der Waals surface area (Å²) in [6.45, 7) is 5.38. The van der Waals surface area contributed by atoms with Crippen LogP contribution in [0.3, 0.4) is 0 Å². The number of aliphatic hydroxyl groups excluding tert-OH is 1. The fraction of sp³-hybridized carbons (Fsp3) is 0.615. The van der Waals surface area contributed by atoms with Gasteiger partial charge >= 0.3 is 0 Å². The van der Waals surface area contributed by atoms with Crippen LogP contribution in [-0.2, 0) is 13.0 Å². The first-order valence-corrected chi connectivity index (χ1v) is 6.03. The Hall–Kier alpha value is -1.09. The zero-order valence-electron chi connectivity index (χ0n) is 10.5. The smallest absolute Gasteiger partial charge is 0.128 e. The third-order valence-corrected chi connectivity index (χ3v) is 2.56. The van der Waals surface area contributed by atoms with Gasteiger partial charge in [0.2, 0.25) is 0 Å². The largest absolute Gasteiger partial charge is 0.392 e. The molecule has 90 valence electrons. The SMILES string of the molecule is CCCc1cc(CO)cc(N(C)CCC)n1. The minimum Gasteiger partial charge on any atom is -0.392 e. The Morgan fingerprint density at radius 1 is 1.25 bits per heavy atom. The lowest BCUT2D eigenvalue weighted by atomic mass is 10.1. The Kier molecular flexibility index (Phi) is 5.26. The quantitative estimate of drug-likeness (QED) is 0.802. The summed E-state index contributed by atoms with van der Waals surface area (Å²) in [6.07, 6.45) is 3.16. The molecule has 0 radical (unpaired) electrons. The van der Waals surface area contributed by atoms with Gasteiger partial charge in [-0.15, -0.1) is 0 Å². The molecule has 1 aromatic rings. The second kappa shape index (κ2) is 6.48. The van der Waals surface area contributed by atoms with Crippen LogP contribution in [0.1, 0.15) is 37.9 Å². The summed E-state index contributed by atoms with van der Waals surface area (Å²) >= 11 is 0. The zero-order valence-corrected chi connectivity index (χ0v) is 10.5. The van der Waals surface area contributed by atoms with E-state index in [9.17, 15) is 5.11 Å². The van der Waals surface area contributed by atoms with Crippen LogP contribution in [0.2, 0.25) is 0 Å². The lowest BCUT2D eigenvalue weighted by Gasteiger charge is -2.18. The topological polar surface area (TPSA) is 36.4 Å². The average Bonchev–Trinajstić information content (AvgIpc) is 2.29. The maximum absolute atomic E-state index is 9.22. The molecule has 0 aliphatic carbocycles. The third kappa shape index (κ3) is 3.49. The molecule has 1 rings (SSSR count). The fourth-order valence-electron chi connectivity index (χ4n) is 1.75. The van der Waals surface area contributed by atoms with Gasteiger partial charge in [-0.05, 0) is 30.5 Å².